The number of hydrogen-bond acceptors (Lipinski definition) is 8. The molecule has 2 amide bonds. The molecule has 7 rings (SSSR count). The van der Waals surface area contributed by atoms with Gasteiger partial charge in [-0.3, -0.25) is 24.9 Å². The van der Waals surface area contributed by atoms with Gasteiger partial charge in [0.2, 0.25) is 17.7 Å². The normalized spacial score (nSPS) is 16.0. The van der Waals surface area contributed by atoms with Crippen LogP contribution in [0.5, 0.6) is 5.88 Å². The number of nitrogens with zero attached hydrogens (tertiary/aromatic N) is 4. The molecule has 2 aliphatic heterocycles. The van der Waals surface area contributed by atoms with Gasteiger partial charge in [-0.05, 0) is 42.7 Å². The Balaban J connectivity index is 1.10. The molecule has 2 saturated heterocycles. The van der Waals surface area contributed by atoms with Crippen molar-refractivity contribution in [2.75, 3.05) is 26.9 Å². The molecule has 0 aliphatic carbocycles. The van der Waals surface area contributed by atoms with Gasteiger partial charge in [0.05, 0.1) is 35.0 Å². The molecular weight excluding hydrogens is 673 g/mol. The van der Waals surface area contributed by atoms with Crippen LogP contribution in [0.1, 0.15) is 36.8 Å². The van der Waals surface area contributed by atoms with Crippen LogP contribution in [0.3, 0.4) is 0 Å². The summed E-state index contributed by atoms with van der Waals surface area (Å²) in [5.41, 5.74) is 7.40. The average Bonchev–Trinajstić information content (AvgIpc) is 3.75. The van der Waals surface area contributed by atoms with Crippen LogP contribution in [0, 0.1) is 0 Å². The molecular formula is C38H37Cl2N7O3. The third kappa shape index (κ3) is 7.29. The number of carbonyl (C=O) groups excluding carboxylic acids is 2. The molecule has 2 aliphatic rings. The maximum Gasteiger partial charge on any atom is 0.223 e. The van der Waals surface area contributed by atoms with Crippen molar-refractivity contribution < 1.29 is 14.3 Å². The van der Waals surface area contributed by atoms with Crippen LogP contribution >= 0.6 is 23.2 Å². The van der Waals surface area contributed by atoms with Crippen LogP contribution in [0.25, 0.3) is 44.4 Å². The lowest BCUT2D eigenvalue weighted by Gasteiger charge is -2.17. The van der Waals surface area contributed by atoms with Gasteiger partial charge >= 0.3 is 0 Å². The van der Waals surface area contributed by atoms with Crippen LogP contribution in [-0.4, -0.2) is 64.6 Å². The third-order valence-corrected chi connectivity index (χ3v) is 10.0. The quantitative estimate of drug-likeness (QED) is 0.137. The van der Waals surface area contributed by atoms with E-state index in [4.69, 9.17) is 32.9 Å². The lowest BCUT2D eigenvalue weighted by atomic mass is 9.98. The van der Waals surface area contributed by atoms with Gasteiger partial charge in [0.25, 0.3) is 0 Å². The molecule has 0 radical (unpaired) electrons. The van der Waals surface area contributed by atoms with Gasteiger partial charge in [-0.2, -0.15) is 0 Å². The van der Waals surface area contributed by atoms with E-state index in [0.29, 0.717) is 54.2 Å². The topological polar surface area (TPSA) is 121 Å². The number of halogens is 2. The molecule has 2 aromatic carbocycles. The number of amides is 2. The Hall–Kier alpha value is -4.61. The van der Waals surface area contributed by atoms with Crippen molar-refractivity contribution in [1.29, 1.82) is 0 Å². The number of rotatable bonds is 12. The zero-order chi connectivity index (χ0) is 34.6. The predicted octanol–water partition coefficient (Wildman–Crippen LogP) is 6.38. The average molecular weight is 711 g/mol. The van der Waals surface area contributed by atoms with Crippen LogP contribution in [0.4, 0.5) is 0 Å². The van der Waals surface area contributed by atoms with E-state index in [1.807, 2.05) is 41.3 Å². The number of fused-ring (bicyclic) bond motifs is 1. The van der Waals surface area contributed by atoms with Gasteiger partial charge < -0.3 is 20.3 Å². The van der Waals surface area contributed by atoms with Crippen molar-refractivity contribution in [2.24, 2.45) is 0 Å². The van der Waals surface area contributed by atoms with E-state index < -0.39 is 0 Å². The lowest BCUT2D eigenvalue weighted by molar-refractivity contribution is -0.128. The van der Waals surface area contributed by atoms with Gasteiger partial charge in [0.15, 0.2) is 0 Å². The molecule has 3 aromatic heterocycles. The van der Waals surface area contributed by atoms with E-state index >= 15 is 0 Å². The molecule has 5 aromatic rings. The Morgan fingerprint density at radius 2 is 1.74 bits per heavy atom. The smallest absolute Gasteiger partial charge is 0.223 e. The van der Waals surface area contributed by atoms with Crippen molar-refractivity contribution in [3.05, 3.63) is 94.4 Å². The molecule has 3 N–H and O–H groups in total. The molecule has 0 unspecified atom stereocenters. The van der Waals surface area contributed by atoms with Gasteiger partial charge in [0, 0.05) is 102 Å². The first-order valence-electron chi connectivity index (χ1n) is 16.7. The number of pyridine rings is 3. The maximum absolute atomic E-state index is 12.0. The largest absolute Gasteiger partial charge is 0.481 e. The highest BCUT2D eigenvalue weighted by Crippen LogP contribution is 2.42. The van der Waals surface area contributed by atoms with Crippen LogP contribution in [-0.2, 0) is 22.7 Å². The minimum atomic E-state index is 0.123. The van der Waals surface area contributed by atoms with E-state index in [0.717, 1.165) is 75.8 Å². The van der Waals surface area contributed by atoms with Gasteiger partial charge in [0.1, 0.15) is 0 Å². The molecule has 256 valence electrons. The highest BCUT2D eigenvalue weighted by molar-refractivity contribution is 6.39. The second kappa shape index (κ2) is 15.1. The molecule has 50 heavy (non-hydrogen) atoms. The molecule has 0 spiro atoms. The Morgan fingerprint density at radius 1 is 0.900 bits per heavy atom. The Morgan fingerprint density at radius 3 is 2.54 bits per heavy atom. The van der Waals surface area contributed by atoms with Crippen LogP contribution in [0.2, 0.25) is 10.0 Å². The fraction of sp³-hybridized carbons (Fsp3) is 0.289. The predicted molar refractivity (Wildman–Crippen MR) is 196 cm³/mol. The summed E-state index contributed by atoms with van der Waals surface area (Å²) in [6.07, 6.45) is 8.23. The molecule has 5 heterocycles. The molecule has 10 nitrogen and oxygen atoms in total. The number of nitrogens with one attached hydrogen (secondary N) is 3. The Bertz CT molecular complexity index is 2070. The van der Waals surface area contributed by atoms with Gasteiger partial charge in [-0.1, -0.05) is 53.5 Å². The number of hydrogen-bond donors (Lipinski definition) is 3. The summed E-state index contributed by atoms with van der Waals surface area (Å²) in [7, 11) is 1.59. The number of methoxy groups -OCH3 is 1. The van der Waals surface area contributed by atoms with Crippen molar-refractivity contribution in [2.45, 2.75) is 44.8 Å². The van der Waals surface area contributed by atoms with E-state index in [2.05, 4.69) is 44.1 Å². The lowest BCUT2D eigenvalue weighted by Crippen LogP contribution is -2.35. The first-order valence-corrected chi connectivity index (χ1v) is 17.5. The van der Waals surface area contributed by atoms with Crippen molar-refractivity contribution in [3.8, 4) is 39.4 Å². The summed E-state index contributed by atoms with van der Waals surface area (Å²) >= 11 is 14.2. The third-order valence-electron chi connectivity index (χ3n) is 9.22. The maximum atomic E-state index is 12.0. The van der Waals surface area contributed by atoms with E-state index in [1.54, 1.807) is 25.7 Å². The highest BCUT2D eigenvalue weighted by Gasteiger charge is 2.22. The Kier molecular flexibility index (Phi) is 10.2. The number of ether oxygens (including phenoxy) is 1. The van der Waals surface area contributed by atoms with Crippen molar-refractivity contribution in [1.82, 2.24) is 35.8 Å². The van der Waals surface area contributed by atoms with Crippen LogP contribution < -0.4 is 20.7 Å². The monoisotopic (exact) mass is 709 g/mol. The van der Waals surface area contributed by atoms with Crippen LogP contribution in [0.15, 0.2) is 73.2 Å². The minimum Gasteiger partial charge on any atom is -0.481 e. The number of aromatic nitrogens is 3. The number of likely N-dealkylation sites (tertiary alicyclic amines) is 1. The van der Waals surface area contributed by atoms with Gasteiger partial charge in [-0.15, -0.1) is 0 Å². The second-order valence-corrected chi connectivity index (χ2v) is 13.4. The summed E-state index contributed by atoms with van der Waals surface area (Å²) in [6.45, 7) is 3.14. The number of benzene rings is 2. The van der Waals surface area contributed by atoms with E-state index in [-0.39, 0.29) is 17.9 Å². The zero-order valence-corrected chi connectivity index (χ0v) is 29.2. The highest BCUT2D eigenvalue weighted by atomic mass is 35.5. The Labute approximate surface area is 300 Å². The minimum absolute atomic E-state index is 0.123. The number of carbonyl (C=O) groups is 2. The molecule has 12 heteroatoms. The summed E-state index contributed by atoms with van der Waals surface area (Å²) in [4.78, 5) is 39.3. The van der Waals surface area contributed by atoms with Crippen molar-refractivity contribution >= 4 is 45.9 Å². The molecule has 0 bridgehead atoms. The fourth-order valence-corrected chi connectivity index (χ4v) is 7.26. The van der Waals surface area contributed by atoms with Gasteiger partial charge in [-0.25, -0.2) is 4.98 Å². The van der Waals surface area contributed by atoms with E-state index in [1.165, 1.54) is 0 Å². The summed E-state index contributed by atoms with van der Waals surface area (Å²) < 4.78 is 5.53. The van der Waals surface area contributed by atoms with E-state index in [9.17, 15) is 9.59 Å². The molecule has 0 saturated carbocycles. The van der Waals surface area contributed by atoms with Crippen molar-refractivity contribution in [3.63, 3.8) is 0 Å². The fourth-order valence-electron chi connectivity index (χ4n) is 6.60. The zero-order valence-electron chi connectivity index (χ0n) is 27.6. The molecule has 2 fully saturated rings. The summed E-state index contributed by atoms with van der Waals surface area (Å²) in [5, 5.41) is 11.8. The first kappa shape index (κ1) is 33.9. The molecule has 1 atom stereocenters. The SMILES string of the molecule is COc1ncc(-c2cccc(-c3ccnc(-c4cnc5cc(CNC[C@H]6CCC(=O)N6)ccc5c4)c3Cl)c2Cl)cc1CNCN1CCCC1=O. The standard InChI is InChI=1S/C38H37Cl2N7O3/c1-50-38-27(18-42-22-47-13-3-6-34(47)49)16-25(19-45-38)29-4-2-5-30(35(29)39)31-11-12-43-37(36(31)40)26-15-24-8-7-23(14-32(24)44-20-26)17-41-21-28-9-10-33(48)46-28/h2,4-5,7-8,11-12,14-16,19-20,28,41-42H,3,6,9-10,13,17-18,21-22H2,1H3,(H,46,48)/t28-/m1/s1. The second-order valence-electron chi connectivity index (χ2n) is 12.6. The first-order chi connectivity index (χ1) is 24.4. The summed E-state index contributed by atoms with van der Waals surface area (Å²) in [6, 6.07) is 18.1. The summed E-state index contributed by atoms with van der Waals surface area (Å²) in [5.74, 6) is 0.800.